The van der Waals surface area contributed by atoms with Crippen molar-refractivity contribution in [3.8, 4) is 0 Å². The van der Waals surface area contributed by atoms with Gasteiger partial charge in [-0.25, -0.2) is 0 Å². The molecule has 15 heavy (non-hydrogen) atoms. The fourth-order valence-corrected chi connectivity index (χ4v) is 1.64. The summed E-state index contributed by atoms with van der Waals surface area (Å²) in [4.78, 5) is 11.3. The molecule has 0 saturated heterocycles. The highest BCUT2D eigenvalue weighted by molar-refractivity contribution is 5.77. The zero-order valence-electron chi connectivity index (χ0n) is 9.51. The lowest BCUT2D eigenvalue weighted by Crippen LogP contribution is -2.48. The van der Waals surface area contributed by atoms with Crippen molar-refractivity contribution in [2.45, 2.75) is 44.6 Å². The summed E-state index contributed by atoms with van der Waals surface area (Å²) in [6.45, 7) is 3.69. The Morgan fingerprint density at radius 3 is 2.73 bits per heavy atom. The number of amides is 1. The van der Waals surface area contributed by atoms with Gasteiger partial charge in [-0.05, 0) is 25.7 Å². The number of hydrogen-bond acceptors (Lipinski definition) is 3. The van der Waals surface area contributed by atoms with Crippen molar-refractivity contribution < 1.29 is 9.90 Å². The second-order valence-electron chi connectivity index (χ2n) is 4.38. The van der Waals surface area contributed by atoms with Gasteiger partial charge in [0, 0.05) is 13.1 Å². The summed E-state index contributed by atoms with van der Waals surface area (Å²) >= 11 is 0. The lowest BCUT2D eigenvalue weighted by atomic mass is 9.80. The largest absolute Gasteiger partial charge is 0.389 e. The third kappa shape index (κ3) is 4.62. The van der Waals surface area contributed by atoms with Gasteiger partial charge in [0.1, 0.15) is 0 Å². The van der Waals surface area contributed by atoms with Crippen LogP contribution in [0.1, 0.15) is 39.0 Å². The first kappa shape index (κ1) is 12.5. The van der Waals surface area contributed by atoms with E-state index in [1.807, 2.05) is 0 Å². The standard InChI is InChI=1S/C11H22N2O2/c1-2-3-7-13-10(14)8-12-9-11(15)5-4-6-11/h12,15H,2-9H2,1H3,(H,13,14). The Morgan fingerprint density at radius 1 is 1.47 bits per heavy atom. The predicted octanol–water partition coefficient (Wildman–Crippen LogP) is 0.407. The zero-order valence-corrected chi connectivity index (χ0v) is 9.51. The molecule has 1 fully saturated rings. The van der Waals surface area contributed by atoms with E-state index in [1.54, 1.807) is 0 Å². The minimum Gasteiger partial charge on any atom is -0.389 e. The van der Waals surface area contributed by atoms with Crippen LogP contribution in [0.3, 0.4) is 0 Å². The van der Waals surface area contributed by atoms with Gasteiger partial charge in [-0.15, -0.1) is 0 Å². The van der Waals surface area contributed by atoms with Crippen molar-refractivity contribution in [3.63, 3.8) is 0 Å². The van der Waals surface area contributed by atoms with Crippen molar-refractivity contribution in [2.24, 2.45) is 0 Å². The van der Waals surface area contributed by atoms with Crippen molar-refractivity contribution in [3.05, 3.63) is 0 Å². The maximum absolute atomic E-state index is 11.3. The van der Waals surface area contributed by atoms with Gasteiger partial charge in [-0.1, -0.05) is 13.3 Å². The molecule has 0 spiro atoms. The molecular weight excluding hydrogens is 192 g/mol. The van der Waals surface area contributed by atoms with Gasteiger partial charge < -0.3 is 15.7 Å². The van der Waals surface area contributed by atoms with Gasteiger partial charge >= 0.3 is 0 Å². The second kappa shape index (κ2) is 6.08. The Morgan fingerprint density at radius 2 is 2.20 bits per heavy atom. The SMILES string of the molecule is CCCCNC(=O)CNCC1(O)CCC1. The summed E-state index contributed by atoms with van der Waals surface area (Å²) in [5.74, 6) is 0.0198. The number of unbranched alkanes of at least 4 members (excludes halogenated alkanes) is 1. The minimum atomic E-state index is -0.538. The molecule has 1 amide bonds. The van der Waals surface area contributed by atoms with Crippen LogP contribution in [-0.2, 0) is 4.79 Å². The molecule has 0 aliphatic heterocycles. The van der Waals surface area contributed by atoms with Crippen LogP contribution >= 0.6 is 0 Å². The Bertz CT molecular complexity index is 203. The highest BCUT2D eigenvalue weighted by atomic mass is 16.3. The van der Waals surface area contributed by atoms with Crippen LogP contribution in [0, 0.1) is 0 Å². The molecule has 1 saturated carbocycles. The van der Waals surface area contributed by atoms with Gasteiger partial charge in [-0.3, -0.25) is 4.79 Å². The van der Waals surface area contributed by atoms with Crippen LogP contribution in [-0.4, -0.2) is 36.2 Å². The van der Waals surface area contributed by atoms with E-state index in [0.29, 0.717) is 13.1 Å². The van der Waals surface area contributed by atoms with Crippen molar-refractivity contribution in [1.29, 1.82) is 0 Å². The van der Waals surface area contributed by atoms with Gasteiger partial charge in [-0.2, -0.15) is 0 Å². The van der Waals surface area contributed by atoms with Crippen LogP contribution in [0.4, 0.5) is 0 Å². The minimum absolute atomic E-state index is 0.0198. The molecule has 0 aromatic rings. The van der Waals surface area contributed by atoms with Crippen LogP contribution in [0.15, 0.2) is 0 Å². The van der Waals surface area contributed by atoms with E-state index in [2.05, 4.69) is 17.6 Å². The number of aliphatic hydroxyl groups is 1. The molecule has 0 unspecified atom stereocenters. The fraction of sp³-hybridized carbons (Fsp3) is 0.909. The first-order valence-electron chi connectivity index (χ1n) is 5.86. The quantitative estimate of drug-likeness (QED) is 0.538. The summed E-state index contributed by atoms with van der Waals surface area (Å²) in [7, 11) is 0. The average molecular weight is 214 g/mol. The van der Waals surface area contributed by atoms with Crippen LogP contribution in [0.2, 0.25) is 0 Å². The van der Waals surface area contributed by atoms with E-state index in [0.717, 1.165) is 38.6 Å². The summed E-state index contributed by atoms with van der Waals surface area (Å²) in [5.41, 5.74) is -0.538. The lowest BCUT2D eigenvalue weighted by Gasteiger charge is -2.36. The second-order valence-corrected chi connectivity index (χ2v) is 4.38. The van der Waals surface area contributed by atoms with Crippen molar-refractivity contribution in [1.82, 2.24) is 10.6 Å². The zero-order chi connectivity index (χ0) is 11.1. The lowest BCUT2D eigenvalue weighted by molar-refractivity contribution is -0.120. The molecule has 0 heterocycles. The van der Waals surface area contributed by atoms with Gasteiger partial charge in [0.15, 0.2) is 0 Å². The first-order valence-corrected chi connectivity index (χ1v) is 5.86. The van der Waals surface area contributed by atoms with E-state index >= 15 is 0 Å². The van der Waals surface area contributed by atoms with Crippen molar-refractivity contribution >= 4 is 5.91 Å². The topological polar surface area (TPSA) is 61.4 Å². The maximum Gasteiger partial charge on any atom is 0.233 e. The number of rotatable bonds is 7. The van der Waals surface area contributed by atoms with Crippen LogP contribution in [0.25, 0.3) is 0 Å². The van der Waals surface area contributed by atoms with E-state index in [-0.39, 0.29) is 5.91 Å². The van der Waals surface area contributed by atoms with Crippen molar-refractivity contribution in [2.75, 3.05) is 19.6 Å². The Hall–Kier alpha value is -0.610. The predicted molar refractivity (Wildman–Crippen MR) is 59.6 cm³/mol. The monoisotopic (exact) mass is 214 g/mol. The number of hydrogen-bond donors (Lipinski definition) is 3. The van der Waals surface area contributed by atoms with E-state index in [9.17, 15) is 9.90 Å². The Kier molecular flexibility index (Phi) is 5.05. The summed E-state index contributed by atoms with van der Waals surface area (Å²) in [6, 6.07) is 0. The molecule has 1 rings (SSSR count). The average Bonchev–Trinajstić information content (AvgIpc) is 2.16. The maximum atomic E-state index is 11.3. The van der Waals surface area contributed by atoms with Gasteiger partial charge in [0.05, 0.1) is 12.1 Å². The molecule has 0 atom stereocenters. The molecule has 0 aromatic carbocycles. The number of carbonyl (C=O) groups excluding carboxylic acids is 1. The highest BCUT2D eigenvalue weighted by Gasteiger charge is 2.33. The molecule has 88 valence electrons. The normalized spacial score (nSPS) is 18.3. The third-order valence-corrected chi connectivity index (χ3v) is 2.88. The summed E-state index contributed by atoms with van der Waals surface area (Å²) in [5, 5.41) is 15.6. The van der Waals surface area contributed by atoms with Crippen LogP contribution in [0.5, 0.6) is 0 Å². The van der Waals surface area contributed by atoms with E-state index < -0.39 is 5.60 Å². The summed E-state index contributed by atoms with van der Waals surface area (Å²) < 4.78 is 0. The van der Waals surface area contributed by atoms with Gasteiger partial charge in [0.2, 0.25) is 5.91 Å². The first-order chi connectivity index (χ1) is 7.16. The molecule has 0 radical (unpaired) electrons. The molecule has 1 aliphatic carbocycles. The summed E-state index contributed by atoms with van der Waals surface area (Å²) in [6.07, 6.45) is 4.93. The number of carbonyl (C=O) groups is 1. The molecular formula is C11H22N2O2. The molecule has 4 heteroatoms. The smallest absolute Gasteiger partial charge is 0.233 e. The van der Waals surface area contributed by atoms with Gasteiger partial charge in [0.25, 0.3) is 0 Å². The molecule has 0 aromatic heterocycles. The Labute approximate surface area is 91.4 Å². The van der Waals surface area contributed by atoms with E-state index in [4.69, 9.17) is 0 Å². The molecule has 4 nitrogen and oxygen atoms in total. The highest BCUT2D eigenvalue weighted by Crippen LogP contribution is 2.30. The van der Waals surface area contributed by atoms with E-state index in [1.165, 1.54) is 0 Å². The van der Waals surface area contributed by atoms with Crippen LogP contribution < -0.4 is 10.6 Å². The Balaban J connectivity index is 1.97. The third-order valence-electron chi connectivity index (χ3n) is 2.88. The molecule has 3 N–H and O–H groups in total. The molecule has 0 bridgehead atoms. The number of nitrogens with one attached hydrogen (secondary N) is 2. The molecule has 1 aliphatic rings. The fourth-order valence-electron chi connectivity index (χ4n) is 1.64.